The number of hydrogen-bond donors (Lipinski definition) is 0. The molecule has 62 heavy (non-hydrogen) atoms. The van der Waals surface area contributed by atoms with Gasteiger partial charge in [0.1, 0.15) is 0 Å². The molecule has 0 aliphatic heterocycles. The Kier molecular flexibility index (Phi) is 7.35. The first-order valence-electron chi connectivity index (χ1n) is 22.5. The highest BCUT2D eigenvalue weighted by atomic mass is 32.1. The number of fused-ring (bicyclic) bond motifs is 6. The maximum absolute atomic E-state index is 9.00. The van der Waals surface area contributed by atoms with Crippen molar-refractivity contribution in [1.82, 2.24) is 34.5 Å². The summed E-state index contributed by atoms with van der Waals surface area (Å²) in [4.78, 5) is 30.5. The summed E-state index contributed by atoms with van der Waals surface area (Å²) in [6, 6.07) is 54.0. The summed E-state index contributed by atoms with van der Waals surface area (Å²) in [6.07, 6.45) is 0. The van der Waals surface area contributed by atoms with E-state index in [2.05, 4.69) is 47.0 Å². The van der Waals surface area contributed by atoms with Gasteiger partial charge in [-0.1, -0.05) is 158 Å². The van der Waals surface area contributed by atoms with E-state index in [4.69, 9.17) is 36.8 Å². The van der Waals surface area contributed by atoms with Gasteiger partial charge in [0.25, 0.3) is 0 Å². The topological polar surface area (TPSA) is 82.3 Å². The van der Waals surface area contributed by atoms with Gasteiger partial charge in [0.05, 0.1) is 23.6 Å². The van der Waals surface area contributed by atoms with Gasteiger partial charge in [-0.05, 0) is 42.5 Å². The third-order valence-corrected chi connectivity index (χ3v) is 12.2. The van der Waals surface area contributed by atoms with Crippen molar-refractivity contribution in [1.29, 1.82) is 0 Å². The van der Waals surface area contributed by atoms with E-state index in [-0.39, 0.29) is 23.0 Å². The van der Waals surface area contributed by atoms with Crippen molar-refractivity contribution in [2.45, 2.75) is 0 Å². The van der Waals surface area contributed by atoms with E-state index in [1.165, 1.54) is 0 Å². The van der Waals surface area contributed by atoms with Crippen LogP contribution in [0.1, 0.15) is 6.85 Å². The van der Waals surface area contributed by atoms with Gasteiger partial charge >= 0.3 is 0 Å². The summed E-state index contributed by atoms with van der Waals surface area (Å²) in [5.41, 5.74) is 6.20. The molecule has 8 aromatic carbocycles. The lowest BCUT2D eigenvalue weighted by Crippen LogP contribution is -2.05. The summed E-state index contributed by atoms with van der Waals surface area (Å²) in [5.74, 6) is 1.84. The van der Waals surface area contributed by atoms with E-state index < -0.39 is 30.2 Å². The van der Waals surface area contributed by atoms with Crippen LogP contribution in [0.15, 0.2) is 200 Å². The van der Waals surface area contributed by atoms with Gasteiger partial charge in [0, 0.05) is 64.3 Å². The van der Waals surface area contributed by atoms with E-state index in [9.17, 15) is 0 Å². The largest absolute Gasteiger partial charge is 0.309 e. The van der Waals surface area contributed by atoms with Gasteiger partial charge in [-0.25, -0.2) is 29.9 Å². The van der Waals surface area contributed by atoms with Crippen LogP contribution in [0.4, 0.5) is 0 Å². The maximum Gasteiger partial charge on any atom is 0.166 e. The third kappa shape index (κ3) is 6.12. The van der Waals surface area contributed by atoms with Crippen LogP contribution in [0.3, 0.4) is 0 Å². The molecule has 0 unspecified atom stereocenters. The molecule has 4 aromatic heterocycles. The van der Waals surface area contributed by atoms with Crippen LogP contribution in [0.5, 0.6) is 0 Å². The number of nitrogens with zero attached hydrogens (tertiary/aromatic N) is 7. The number of hydrogen-bond acceptors (Lipinski definition) is 7. The molecular formula is C54H33N7S. The molecule has 0 spiro atoms. The van der Waals surface area contributed by atoms with Crippen LogP contribution in [-0.4, -0.2) is 34.5 Å². The van der Waals surface area contributed by atoms with Crippen LogP contribution in [0.25, 0.3) is 116 Å². The minimum Gasteiger partial charge on any atom is -0.309 e. The Morgan fingerprint density at radius 2 is 0.871 bits per heavy atom. The monoisotopic (exact) mass is 816 g/mol. The number of benzene rings is 8. The standard InChI is InChI=1S/C54H33N7S/c1-4-17-34(18-5-1)49-55-50(35-19-6-2-7-20-35)59-54(58-49)43-33-37(31-32-46(43)61-44-28-13-10-23-38(44)39-24-11-14-29-45(39)61)52-56-51(36-21-8-3-9-22-36)57-53(60-52)42-27-16-26-41-40-25-12-15-30-47(40)62-48(41)42/h1-33H/i3D,8D,9D,21D,22D. The van der Waals surface area contributed by atoms with Crippen molar-refractivity contribution in [2.24, 2.45) is 0 Å². The predicted octanol–water partition coefficient (Wildman–Crippen LogP) is 13.5. The molecule has 0 saturated heterocycles. The molecule has 0 bridgehead atoms. The molecule has 0 saturated carbocycles. The predicted molar refractivity (Wildman–Crippen MR) is 253 cm³/mol. The highest BCUT2D eigenvalue weighted by molar-refractivity contribution is 7.26. The second kappa shape index (κ2) is 14.8. The molecule has 0 aliphatic carbocycles. The lowest BCUT2D eigenvalue weighted by Gasteiger charge is -2.16. The lowest BCUT2D eigenvalue weighted by atomic mass is 10.0. The van der Waals surface area contributed by atoms with Crippen molar-refractivity contribution < 1.29 is 6.85 Å². The molecule has 8 heteroatoms. The SMILES string of the molecule is [2H]c1c([2H])c([2H])c(-c2nc(-c3ccc(-n4c5ccccc5c5ccccc54)c(-c4nc(-c5ccccc5)nc(-c5ccccc5)n4)c3)nc(-c3cccc4c3sc3ccccc34)n2)c([2H])c1[2H]. The van der Waals surface area contributed by atoms with Crippen molar-refractivity contribution in [3.8, 4) is 74.0 Å². The molecule has 4 heterocycles. The average Bonchev–Trinajstić information content (AvgIpc) is 3.94. The fraction of sp³-hybridized carbons (Fsp3) is 0. The zero-order valence-corrected chi connectivity index (χ0v) is 33.5. The Labute approximate surface area is 367 Å². The lowest BCUT2D eigenvalue weighted by molar-refractivity contribution is 1.06. The Morgan fingerprint density at radius 3 is 1.52 bits per heavy atom. The zero-order chi connectivity index (χ0) is 45.3. The van der Waals surface area contributed by atoms with Crippen LogP contribution in [-0.2, 0) is 0 Å². The molecule has 12 aromatic rings. The van der Waals surface area contributed by atoms with Gasteiger partial charge in [0.2, 0.25) is 0 Å². The number of para-hydroxylation sites is 2. The Morgan fingerprint density at radius 1 is 0.371 bits per heavy atom. The molecule has 7 nitrogen and oxygen atoms in total. The minimum atomic E-state index is -0.504. The first-order valence-corrected chi connectivity index (χ1v) is 20.9. The van der Waals surface area contributed by atoms with Crippen molar-refractivity contribution >= 4 is 53.3 Å². The second-order valence-corrected chi connectivity index (χ2v) is 15.8. The van der Waals surface area contributed by atoms with E-state index >= 15 is 0 Å². The number of aromatic nitrogens is 7. The second-order valence-electron chi connectivity index (χ2n) is 14.7. The van der Waals surface area contributed by atoms with Crippen LogP contribution in [0.2, 0.25) is 0 Å². The highest BCUT2D eigenvalue weighted by Gasteiger charge is 2.22. The molecule has 0 fully saturated rings. The molecule has 290 valence electrons. The molecular weight excluding hydrogens is 779 g/mol. The number of rotatable bonds is 7. The zero-order valence-electron chi connectivity index (χ0n) is 37.7. The summed E-state index contributed by atoms with van der Waals surface area (Å²) in [6.45, 7) is 0. The van der Waals surface area contributed by atoms with E-state index in [1.807, 2.05) is 127 Å². The third-order valence-electron chi connectivity index (χ3n) is 11.0. The van der Waals surface area contributed by atoms with Crippen LogP contribution < -0.4 is 0 Å². The summed E-state index contributed by atoms with van der Waals surface area (Å²) in [5, 5.41) is 4.29. The molecule has 12 rings (SSSR count). The Bertz CT molecular complexity index is 3810. The van der Waals surface area contributed by atoms with Gasteiger partial charge < -0.3 is 4.57 Å². The van der Waals surface area contributed by atoms with E-state index in [0.29, 0.717) is 28.6 Å². The van der Waals surface area contributed by atoms with Crippen molar-refractivity contribution in [3.05, 3.63) is 200 Å². The normalized spacial score (nSPS) is 12.7. The van der Waals surface area contributed by atoms with Gasteiger partial charge in [-0.15, -0.1) is 11.3 Å². The first kappa shape index (κ1) is 30.8. The highest BCUT2D eigenvalue weighted by Crippen LogP contribution is 2.41. The quantitative estimate of drug-likeness (QED) is 0.159. The van der Waals surface area contributed by atoms with Crippen LogP contribution >= 0.6 is 11.3 Å². The molecule has 0 atom stereocenters. The minimum absolute atomic E-state index is 0.0546. The maximum atomic E-state index is 9.00. The molecule has 0 aliphatic rings. The fourth-order valence-corrected chi connectivity index (χ4v) is 9.39. The van der Waals surface area contributed by atoms with Crippen molar-refractivity contribution in [2.75, 3.05) is 0 Å². The summed E-state index contributed by atoms with van der Waals surface area (Å²) >= 11 is 1.62. The molecule has 0 radical (unpaired) electrons. The molecule has 0 N–H and O–H groups in total. The summed E-state index contributed by atoms with van der Waals surface area (Å²) < 4.78 is 47.8. The Hall–Kier alpha value is -8.20. The number of thiophene rings is 1. The van der Waals surface area contributed by atoms with Crippen molar-refractivity contribution in [3.63, 3.8) is 0 Å². The van der Waals surface area contributed by atoms with Gasteiger partial charge in [-0.3, -0.25) is 0 Å². The average molecular weight is 817 g/mol. The summed E-state index contributed by atoms with van der Waals surface area (Å²) in [7, 11) is 0. The van der Waals surface area contributed by atoms with E-state index in [1.54, 1.807) is 11.3 Å². The fourth-order valence-electron chi connectivity index (χ4n) is 8.18. The smallest absolute Gasteiger partial charge is 0.166 e. The van der Waals surface area contributed by atoms with Crippen LogP contribution in [0, 0.1) is 0 Å². The van der Waals surface area contributed by atoms with E-state index in [0.717, 1.165) is 64.4 Å². The Balaban J connectivity index is 1.17. The molecule has 0 amide bonds. The van der Waals surface area contributed by atoms with Gasteiger partial charge in [-0.2, -0.15) is 0 Å². The first-order chi connectivity index (χ1) is 32.8. The van der Waals surface area contributed by atoms with Gasteiger partial charge in [0.15, 0.2) is 34.9 Å².